The Hall–Kier alpha value is -1.56. The van der Waals surface area contributed by atoms with Crippen LogP contribution in [-0.2, 0) is 0 Å². The van der Waals surface area contributed by atoms with Gasteiger partial charge in [-0.05, 0) is 31.9 Å². The number of carboxylic acid groups (broad SMARTS) is 1. The maximum atomic E-state index is 11.3. The van der Waals surface area contributed by atoms with Crippen molar-refractivity contribution in [2.45, 2.75) is 37.6 Å². The van der Waals surface area contributed by atoms with Gasteiger partial charge in [-0.2, -0.15) is 4.98 Å². The maximum Gasteiger partial charge on any atom is 0.346 e. The molecule has 0 aliphatic heterocycles. The van der Waals surface area contributed by atoms with Gasteiger partial charge in [-0.3, -0.25) is 0 Å². The zero-order valence-electron chi connectivity index (χ0n) is 10.9. The number of aromatic amines is 1. The van der Waals surface area contributed by atoms with Gasteiger partial charge < -0.3 is 10.1 Å². The fraction of sp³-hybridized carbons (Fsp3) is 0.462. The first-order chi connectivity index (χ1) is 9.06. The number of hydrogen-bond acceptors (Lipinski definition) is 4. The van der Waals surface area contributed by atoms with E-state index in [1.165, 1.54) is 11.8 Å². The Morgan fingerprint density at radius 1 is 1.47 bits per heavy atom. The minimum absolute atomic E-state index is 0.0932. The smallest absolute Gasteiger partial charge is 0.346 e. The topological polar surface area (TPSA) is 83.0 Å². The molecule has 1 rings (SSSR count). The van der Waals surface area contributed by atoms with Crippen molar-refractivity contribution < 1.29 is 9.90 Å². The number of aromatic nitrogens is 2. The summed E-state index contributed by atoms with van der Waals surface area (Å²) in [6.45, 7) is 5.23. The van der Waals surface area contributed by atoms with Gasteiger partial charge in [0.1, 0.15) is 10.6 Å². The molecule has 19 heavy (non-hydrogen) atoms. The van der Waals surface area contributed by atoms with Gasteiger partial charge in [-0.15, -0.1) is 18.3 Å². The fourth-order valence-electron chi connectivity index (χ4n) is 1.65. The number of aromatic carboxylic acids is 1. The quantitative estimate of drug-likeness (QED) is 0.331. The number of allylic oxidation sites excluding steroid dienone is 1. The van der Waals surface area contributed by atoms with Gasteiger partial charge in [-0.1, -0.05) is 12.5 Å². The van der Waals surface area contributed by atoms with Crippen LogP contribution >= 0.6 is 11.8 Å². The Morgan fingerprint density at radius 3 is 2.84 bits per heavy atom. The molecule has 0 aromatic carbocycles. The van der Waals surface area contributed by atoms with Crippen LogP contribution in [0.3, 0.4) is 0 Å². The third kappa shape index (κ3) is 4.90. The van der Waals surface area contributed by atoms with Crippen LogP contribution in [0.25, 0.3) is 0 Å². The Morgan fingerprint density at radius 2 is 2.21 bits per heavy atom. The SMILES string of the molecule is C=CCCCCCSc1nc(=O)[nH]c(C)c1C(=O)O. The highest BCUT2D eigenvalue weighted by Crippen LogP contribution is 2.22. The van der Waals surface area contributed by atoms with Gasteiger partial charge in [0, 0.05) is 5.69 Å². The van der Waals surface area contributed by atoms with E-state index in [1.807, 2.05) is 6.08 Å². The van der Waals surface area contributed by atoms with E-state index in [4.69, 9.17) is 5.11 Å². The zero-order valence-corrected chi connectivity index (χ0v) is 11.8. The number of nitrogens with one attached hydrogen (secondary N) is 1. The molecule has 0 saturated carbocycles. The molecule has 104 valence electrons. The largest absolute Gasteiger partial charge is 0.478 e. The van der Waals surface area contributed by atoms with Crippen LogP contribution in [0.5, 0.6) is 0 Å². The van der Waals surface area contributed by atoms with E-state index in [0.717, 1.165) is 31.4 Å². The van der Waals surface area contributed by atoms with E-state index in [1.54, 1.807) is 6.92 Å². The van der Waals surface area contributed by atoms with Gasteiger partial charge in [0.15, 0.2) is 0 Å². The highest BCUT2D eigenvalue weighted by molar-refractivity contribution is 7.99. The summed E-state index contributed by atoms with van der Waals surface area (Å²) in [5, 5.41) is 9.43. The average Bonchev–Trinajstić information content (AvgIpc) is 2.32. The number of carbonyl (C=O) groups is 1. The van der Waals surface area contributed by atoms with Crippen molar-refractivity contribution in [3.63, 3.8) is 0 Å². The van der Waals surface area contributed by atoms with Crippen molar-refractivity contribution in [1.29, 1.82) is 0 Å². The van der Waals surface area contributed by atoms with E-state index in [9.17, 15) is 9.59 Å². The summed E-state index contributed by atoms with van der Waals surface area (Å²) < 4.78 is 0. The summed E-state index contributed by atoms with van der Waals surface area (Å²) in [6.07, 6.45) is 5.98. The molecule has 0 spiro atoms. The molecule has 0 aliphatic rings. The molecule has 1 heterocycles. The third-order valence-corrected chi connectivity index (χ3v) is 3.65. The second-order valence-electron chi connectivity index (χ2n) is 4.14. The molecular weight excluding hydrogens is 264 g/mol. The molecule has 5 nitrogen and oxygen atoms in total. The summed E-state index contributed by atoms with van der Waals surface area (Å²) in [5.74, 6) is -0.303. The average molecular weight is 282 g/mol. The molecule has 2 N–H and O–H groups in total. The number of unbranched alkanes of at least 4 members (excludes halogenated alkanes) is 3. The first-order valence-electron chi connectivity index (χ1n) is 6.14. The zero-order chi connectivity index (χ0) is 14.3. The second-order valence-corrected chi connectivity index (χ2v) is 5.22. The normalized spacial score (nSPS) is 10.4. The number of H-pyrrole nitrogens is 1. The number of thioether (sulfide) groups is 1. The molecule has 0 bridgehead atoms. The first-order valence-corrected chi connectivity index (χ1v) is 7.12. The monoisotopic (exact) mass is 282 g/mol. The van der Waals surface area contributed by atoms with Crippen molar-refractivity contribution in [2.75, 3.05) is 5.75 Å². The Balaban J connectivity index is 2.64. The van der Waals surface area contributed by atoms with Gasteiger partial charge in [0.05, 0.1) is 0 Å². The van der Waals surface area contributed by atoms with Crippen LogP contribution in [0.1, 0.15) is 41.7 Å². The predicted octanol–water partition coefficient (Wildman–Crippen LogP) is 2.62. The first kappa shape index (κ1) is 15.5. The molecule has 1 aromatic rings. The summed E-state index contributed by atoms with van der Waals surface area (Å²) in [6, 6.07) is 0. The summed E-state index contributed by atoms with van der Waals surface area (Å²) in [5.41, 5.74) is -0.0611. The molecule has 6 heteroatoms. The predicted molar refractivity (Wildman–Crippen MR) is 75.9 cm³/mol. The van der Waals surface area contributed by atoms with Crippen LogP contribution in [0.4, 0.5) is 0 Å². The lowest BCUT2D eigenvalue weighted by Crippen LogP contribution is -2.18. The number of nitrogens with zero attached hydrogens (tertiary/aromatic N) is 1. The minimum Gasteiger partial charge on any atom is -0.478 e. The van der Waals surface area contributed by atoms with E-state index < -0.39 is 11.7 Å². The molecule has 0 aliphatic carbocycles. The number of carboxylic acids is 1. The fourth-order valence-corrected chi connectivity index (χ4v) is 2.73. The van der Waals surface area contributed by atoms with Crippen molar-refractivity contribution >= 4 is 17.7 Å². The minimum atomic E-state index is -1.06. The summed E-state index contributed by atoms with van der Waals surface area (Å²) in [4.78, 5) is 28.6. The lowest BCUT2D eigenvalue weighted by molar-refractivity contribution is 0.0690. The van der Waals surface area contributed by atoms with Crippen molar-refractivity contribution in [1.82, 2.24) is 9.97 Å². The van der Waals surface area contributed by atoms with E-state index in [0.29, 0.717) is 10.7 Å². The van der Waals surface area contributed by atoms with Crippen LogP contribution in [-0.4, -0.2) is 26.8 Å². The Labute approximate surface area is 116 Å². The van der Waals surface area contributed by atoms with Gasteiger partial charge in [0.2, 0.25) is 0 Å². The van der Waals surface area contributed by atoms with E-state index in [2.05, 4.69) is 16.5 Å². The molecule has 1 aromatic heterocycles. The standard InChI is InChI=1S/C13H18N2O3S/c1-3-4-5-6-7-8-19-11-10(12(16)17)9(2)14-13(18)15-11/h3H,1,4-8H2,2H3,(H,16,17)(H,14,15,18). The van der Waals surface area contributed by atoms with Crippen LogP contribution in [0.15, 0.2) is 22.5 Å². The molecule has 0 amide bonds. The lowest BCUT2D eigenvalue weighted by Gasteiger charge is -2.06. The number of rotatable bonds is 8. The number of aryl methyl sites for hydroxylation is 1. The third-order valence-electron chi connectivity index (χ3n) is 2.59. The van der Waals surface area contributed by atoms with Crippen LogP contribution in [0.2, 0.25) is 0 Å². The highest BCUT2D eigenvalue weighted by atomic mass is 32.2. The highest BCUT2D eigenvalue weighted by Gasteiger charge is 2.16. The summed E-state index contributed by atoms with van der Waals surface area (Å²) >= 11 is 1.32. The molecule has 0 fully saturated rings. The lowest BCUT2D eigenvalue weighted by atomic mass is 10.2. The van der Waals surface area contributed by atoms with E-state index >= 15 is 0 Å². The molecule has 0 saturated heterocycles. The van der Waals surface area contributed by atoms with E-state index in [-0.39, 0.29) is 5.56 Å². The molecular formula is C13H18N2O3S. The van der Waals surface area contributed by atoms with Crippen molar-refractivity contribution in [2.24, 2.45) is 0 Å². The maximum absolute atomic E-state index is 11.3. The summed E-state index contributed by atoms with van der Waals surface area (Å²) in [7, 11) is 0. The molecule has 0 unspecified atom stereocenters. The number of hydrogen-bond donors (Lipinski definition) is 2. The van der Waals surface area contributed by atoms with Crippen molar-refractivity contribution in [3.8, 4) is 0 Å². The molecule has 0 atom stereocenters. The molecule has 0 radical (unpaired) electrons. The van der Waals surface area contributed by atoms with Crippen molar-refractivity contribution in [3.05, 3.63) is 34.4 Å². The van der Waals surface area contributed by atoms with Gasteiger partial charge >= 0.3 is 11.7 Å². The van der Waals surface area contributed by atoms with Gasteiger partial charge in [-0.25, -0.2) is 9.59 Å². The van der Waals surface area contributed by atoms with Crippen LogP contribution in [0, 0.1) is 6.92 Å². The van der Waals surface area contributed by atoms with Crippen LogP contribution < -0.4 is 5.69 Å². The Kier molecular flexibility index (Phi) is 6.35. The van der Waals surface area contributed by atoms with Gasteiger partial charge in [0.25, 0.3) is 0 Å². The second kappa shape index (κ2) is 7.78. The Bertz CT molecular complexity index is 511.